The van der Waals surface area contributed by atoms with E-state index in [-0.39, 0.29) is 11.5 Å². The highest BCUT2D eigenvalue weighted by Gasteiger charge is 2.20. The van der Waals surface area contributed by atoms with E-state index in [0.29, 0.717) is 29.0 Å². The summed E-state index contributed by atoms with van der Waals surface area (Å²) in [6.07, 6.45) is 0.667. The quantitative estimate of drug-likeness (QED) is 0.767. The Hall–Kier alpha value is -3.26. The Balaban J connectivity index is 2.16. The molecule has 3 aromatic rings. The lowest BCUT2D eigenvalue weighted by Gasteiger charge is -2.04. The lowest BCUT2D eigenvalue weighted by Crippen LogP contribution is -1.90. The average molecular weight is 306 g/mol. The molecule has 1 aromatic heterocycles. The second kappa shape index (κ2) is 5.85. The van der Waals surface area contributed by atoms with E-state index in [1.54, 1.807) is 30.3 Å². The van der Waals surface area contributed by atoms with Crippen LogP contribution in [-0.2, 0) is 6.42 Å². The van der Waals surface area contributed by atoms with Crippen LogP contribution in [0.1, 0.15) is 18.1 Å². The molecule has 0 spiro atoms. The van der Waals surface area contributed by atoms with Gasteiger partial charge in [-0.25, -0.2) is 0 Å². The Kier molecular flexibility index (Phi) is 3.73. The zero-order chi connectivity index (χ0) is 16.4. The minimum Gasteiger partial charge on any atom is -0.508 e. The number of aromatic hydroxyl groups is 2. The maximum Gasteiger partial charge on any atom is 0.170 e. The van der Waals surface area contributed by atoms with Gasteiger partial charge in [0.2, 0.25) is 0 Å². The lowest BCUT2D eigenvalue weighted by molar-refractivity contribution is 0.434. The molecule has 0 unspecified atom stereocenters. The first-order valence-corrected chi connectivity index (χ1v) is 7.15. The molecule has 114 valence electrons. The van der Waals surface area contributed by atoms with E-state index < -0.39 is 0 Å². The maximum absolute atomic E-state index is 9.53. The molecule has 23 heavy (non-hydrogen) atoms. The molecule has 0 fully saturated rings. The SMILES string of the molecule is CCc1c(-c2ccc(O)cc2C#N)noc1-c1ccc(O)cc1. The van der Waals surface area contributed by atoms with Gasteiger partial charge in [-0.2, -0.15) is 5.26 Å². The summed E-state index contributed by atoms with van der Waals surface area (Å²) in [5, 5.41) is 32.3. The molecular weight excluding hydrogens is 292 g/mol. The highest BCUT2D eigenvalue weighted by Crippen LogP contribution is 2.35. The van der Waals surface area contributed by atoms with Crippen molar-refractivity contribution < 1.29 is 14.7 Å². The fourth-order valence-electron chi connectivity index (χ4n) is 2.52. The van der Waals surface area contributed by atoms with Gasteiger partial charge in [0.1, 0.15) is 17.2 Å². The molecule has 0 bridgehead atoms. The average Bonchev–Trinajstić information content (AvgIpc) is 2.99. The third-order valence-electron chi connectivity index (χ3n) is 3.65. The Labute approximate surface area is 133 Å². The molecule has 0 aliphatic heterocycles. The van der Waals surface area contributed by atoms with Crippen molar-refractivity contribution in [2.45, 2.75) is 13.3 Å². The van der Waals surface area contributed by atoms with Crippen LogP contribution < -0.4 is 0 Å². The first kappa shape index (κ1) is 14.7. The molecule has 2 N–H and O–H groups in total. The van der Waals surface area contributed by atoms with Crippen molar-refractivity contribution >= 4 is 0 Å². The van der Waals surface area contributed by atoms with E-state index in [0.717, 1.165) is 11.1 Å². The number of phenolic OH excluding ortho intramolecular Hbond substituents is 2. The van der Waals surface area contributed by atoms with Crippen molar-refractivity contribution in [2.24, 2.45) is 0 Å². The predicted octanol–water partition coefficient (Wildman–Crippen LogP) is 3.85. The summed E-state index contributed by atoms with van der Waals surface area (Å²) < 4.78 is 5.49. The summed E-state index contributed by atoms with van der Waals surface area (Å²) in [6.45, 7) is 1.98. The molecule has 0 radical (unpaired) electrons. The summed E-state index contributed by atoms with van der Waals surface area (Å²) in [6, 6.07) is 13.3. The highest BCUT2D eigenvalue weighted by molar-refractivity contribution is 5.76. The van der Waals surface area contributed by atoms with Crippen LogP contribution in [0.3, 0.4) is 0 Å². The molecule has 5 nitrogen and oxygen atoms in total. The van der Waals surface area contributed by atoms with Gasteiger partial charge in [0, 0.05) is 16.7 Å². The zero-order valence-electron chi connectivity index (χ0n) is 12.4. The van der Waals surface area contributed by atoms with Crippen molar-refractivity contribution in [3.05, 3.63) is 53.6 Å². The Bertz CT molecular complexity index is 890. The number of aromatic nitrogens is 1. The number of hydrogen-bond acceptors (Lipinski definition) is 5. The molecule has 0 aliphatic rings. The summed E-state index contributed by atoms with van der Waals surface area (Å²) in [4.78, 5) is 0. The third-order valence-corrected chi connectivity index (χ3v) is 3.65. The van der Waals surface area contributed by atoms with Crippen molar-refractivity contribution in [3.63, 3.8) is 0 Å². The summed E-state index contributed by atoms with van der Waals surface area (Å²) in [7, 11) is 0. The monoisotopic (exact) mass is 306 g/mol. The number of nitriles is 1. The van der Waals surface area contributed by atoms with Crippen LogP contribution in [0, 0.1) is 11.3 Å². The second-order valence-corrected chi connectivity index (χ2v) is 5.08. The molecule has 3 rings (SSSR count). The summed E-state index contributed by atoms with van der Waals surface area (Å²) in [5.41, 5.74) is 3.22. The largest absolute Gasteiger partial charge is 0.508 e. The van der Waals surface area contributed by atoms with Gasteiger partial charge >= 0.3 is 0 Å². The van der Waals surface area contributed by atoms with Gasteiger partial charge < -0.3 is 14.7 Å². The molecule has 0 amide bonds. The van der Waals surface area contributed by atoms with E-state index in [1.807, 2.05) is 6.92 Å². The normalized spacial score (nSPS) is 10.4. The fraction of sp³-hybridized carbons (Fsp3) is 0.111. The summed E-state index contributed by atoms with van der Waals surface area (Å²) in [5.74, 6) is 0.821. The molecular formula is C18H14N2O3. The van der Waals surface area contributed by atoms with E-state index in [4.69, 9.17) is 4.52 Å². The predicted molar refractivity (Wildman–Crippen MR) is 84.8 cm³/mol. The topological polar surface area (TPSA) is 90.3 Å². The standard InChI is InChI=1S/C18H14N2O3/c1-2-15-17(16-8-7-14(22)9-12(16)10-19)20-23-18(15)11-3-5-13(21)6-4-11/h3-9,21-22H,2H2,1H3. The van der Waals surface area contributed by atoms with Gasteiger partial charge in [0.15, 0.2) is 5.76 Å². The van der Waals surface area contributed by atoms with Gasteiger partial charge in [-0.05, 0) is 48.9 Å². The number of rotatable bonds is 3. The molecule has 0 saturated heterocycles. The van der Waals surface area contributed by atoms with Crippen molar-refractivity contribution in [1.29, 1.82) is 5.26 Å². The van der Waals surface area contributed by atoms with Crippen molar-refractivity contribution in [2.75, 3.05) is 0 Å². The fourth-order valence-corrected chi connectivity index (χ4v) is 2.52. The lowest BCUT2D eigenvalue weighted by atomic mass is 9.97. The van der Waals surface area contributed by atoms with Gasteiger partial charge in [0.25, 0.3) is 0 Å². The van der Waals surface area contributed by atoms with Crippen LogP contribution in [0.5, 0.6) is 11.5 Å². The smallest absolute Gasteiger partial charge is 0.170 e. The number of nitrogens with zero attached hydrogens (tertiary/aromatic N) is 2. The van der Waals surface area contributed by atoms with Crippen LogP contribution >= 0.6 is 0 Å². The van der Waals surface area contributed by atoms with Gasteiger partial charge in [-0.3, -0.25) is 0 Å². The number of benzene rings is 2. The van der Waals surface area contributed by atoms with Crippen LogP contribution in [0.4, 0.5) is 0 Å². The van der Waals surface area contributed by atoms with Crippen LogP contribution in [0.2, 0.25) is 0 Å². The van der Waals surface area contributed by atoms with Crippen molar-refractivity contribution in [3.8, 4) is 40.1 Å². The molecule has 0 atom stereocenters. The maximum atomic E-state index is 9.53. The number of phenols is 2. The van der Waals surface area contributed by atoms with E-state index in [1.165, 1.54) is 12.1 Å². The Morgan fingerprint density at radius 3 is 2.43 bits per heavy atom. The van der Waals surface area contributed by atoms with Crippen LogP contribution in [-0.4, -0.2) is 15.4 Å². The van der Waals surface area contributed by atoms with Gasteiger partial charge in [-0.1, -0.05) is 12.1 Å². The Morgan fingerprint density at radius 1 is 1.09 bits per heavy atom. The second-order valence-electron chi connectivity index (χ2n) is 5.08. The van der Waals surface area contributed by atoms with Crippen LogP contribution in [0.15, 0.2) is 47.0 Å². The molecule has 0 aliphatic carbocycles. The zero-order valence-corrected chi connectivity index (χ0v) is 12.4. The van der Waals surface area contributed by atoms with E-state index in [2.05, 4.69) is 11.2 Å². The minimum absolute atomic E-state index is 0.0330. The highest BCUT2D eigenvalue weighted by atomic mass is 16.5. The van der Waals surface area contributed by atoms with Crippen LogP contribution in [0.25, 0.3) is 22.6 Å². The molecule has 5 heteroatoms. The molecule has 0 saturated carbocycles. The third kappa shape index (κ3) is 2.62. The molecule has 2 aromatic carbocycles. The first-order chi connectivity index (χ1) is 11.1. The number of hydrogen-bond donors (Lipinski definition) is 2. The van der Waals surface area contributed by atoms with Crippen molar-refractivity contribution in [1.82, 2.24) is 5.16 Å². The minimum atomic E-state index is 0.0330. The first-order valence-electron chi connectivity index (χ1n) is 7.15. The summed E-state index contributed by atoms with van der Waals surface area (Å²) >= 11 is 0. The molecule has 1 heterocycles. The van der Waals surface area contributed by atoms with Gasteiger partial charge in [-0.15, -0.1) is 0 Å². The van der Waals surface area contributed by atoms with Gasteiger partial charge in [0.05, 0.1) is 11.6 Å². The Morgan fingerprint density at radius 2 is 1.78 bits per heavy atom. The van der Waals surface area contributed by atoms with E-state index >= 15 is 0 Å². The van der Waals surface area contributed by atoms with E-state index in [9.17, 15) is 15.5 Å².